The maximum Gasteiger partial charge on any atom is 0.262 e. The predicted octanol–water partition coefficient (Wildman–Crippen LogP) is 4.88. The van der Waals surface area contributed by atoms with Gasteiger partial charge in [-0.3, -0.25) is 9.59 Å². The average Bonchev–Trinajstić information content (AvgIpc) is 2.72. The van der Waals surface area contributed by atoms with Crippen LogP contribution in [0.5, 0.6) is 5.75 Å². The minimum Gasteiger partial charge on any atom is -0.484 e. The van der Waals surface area contributed by atoms with Crippen LogP contribution in [0.15, 0.2) is 66.7 Å². The van der Waals surface area contributed by atoms with Crippen LogP contribution in [0.25, 0.3) is 0 Å². The topological polar surface area (TPSA) is 67.4 Å². The van der Waals surface area contributed by atoms with Crippen molar-refractivity contribution in [3.8, 4) is 5.75 Å². The van der Waals surface area contributed by atoms with Crippen molar-refractivity contribution in [3.05, 3.63) is 89.0 Å². The number of carbonyl (C=O) groups excluding carboxylic acids is 2. The second-order valence-corrected chi connectivity index (χ2v) is 6.88. The van der Waals surface area contributed by atoms with E-state index in [1.165, 1.54) is 0 Å². The van der Waals surface area contributed by atoms with E-state index < -0.39 is 0 Å². The maximum absolute atomic E-state index is 12.5. The first-order chi connectivity index (χ1) is 13.9. The number of para-hydroxylation sites is 1. The van der Waals surface area contributed by atoms with E-state index in [0.29, 0.717) is 11.3 Å². The molecule has 0 saturated heterocycles. The number of rotatable bonds is 6. The van der Waals surface area contributed by atoms with Gasteiger partial charge in [0.1, 0.15) is 5.75 Å². The maximum atomic E-state index is 12.5. The van der Waals surface area contributed by atoms with Gasteiger partial charge in [-0.25, -0.2) is 0 Å². The molecule has 0 atom stereocenters. The van der Waals surface area contributed by atoms with Crippen molar-refractivity contribution < 1.29 is 14.3 Å². The zero-order valence-electron chi connectivity index (χ0n) is 16.8. The van der Waals surface area contributed by atoms with Gasteiger partial charge in [-0.15, -0.1) is 0 Å². The molecule has 0 heterocycles. The Balaban J connectivity index is 1.56. The van der Waals surface area contributed by atoms with Crippen LogP contribution < -0.4 is 15.4 Å². The van der Waals surface area contributed by atoms with Crippen LogP contribution in [0, 0.1) is 20.8 Å². The van der Waals surface area contributed by atoms with Crippen LogP contribution in [0.1, 0.15) is 27.0 Å². The summed E-state index contributed by atoms with van der Waals surface area (Å²) in [6.07, 6.45) is 0. The lowest BCUT2D eigenvalue weighted by atomic mass is 10.1. The second-order valence-electron chi connectivity index (χ2n) is 6.88. The standard InChI is InChI=1S/C24H24N2O3/c1-16-8-6-10-22(18(16)3)26-24(28)19-11-13-20(14-12-19)29-15-23(27)25-21-9-5-4-7-17(21)2/h4-14H,15H2,1-3H3,(H,25,27)(H,26,28). The molecule has 0 fully saturated rings. The van der Waals surface area contributed by atoms with Gasteiger partial charge >= 0.3 is 0 Å². The Morgan fingerprint density at radius 3 is 2.14 bits per heavy atom. The first-order valence-corrected chi connectivity index (χ1v) is 9.40. The Bertz CT molecular complexity index is 1030. The molecule has 0 spiro atoms. The Labute approximate surface area is 170 Å². The normalized spacial score (nSPS) is 10.3. The van der Waals surface area contributed by atoms with Crippen LogP contribution >= 0.6 is 0 Å². The fourth-order valence-corrected chi connectivity index (χ4v) is 2.83. The van der Waals surface area contributed by atoms with Gasteiger partial charge in [0.25, 0.3) is 11.8 Å². The highest BCUT2D eigenvalue weighted by Gasteiger charge is 2.10. The van der Waals surface area contributed by atoms with Crippen molar-refractivity contribution in [1.82, 2.24) is 0 Å². The van der Waals surface area contributed by atoms with E-state index in [9.17, 15) is 9.59 Å². The smallest absolute Gasteiger partial charge is 0.262 e. The zero-order chi connectivity index (χ0) is 20.8. The number of nitrogens with one attached hydrogen (secondary N) is 2. The second kappa shape index (κ2) is 9.06. The van der Waals surface area contributed by atoms with Gasteiger partial charge in [0.2, 0.25) is 0 Å². The van der Waals surface area contributed by atoms with Gasteiger partial charge in [0.15, 0.2) is 6.61 Å². The molecule has 0 aliphatic heterocycles. The molecule has 0 aliphatic rings. The fraction of sp³-hybridized carbons (Fsp3) is 0.167. The van der Waals surface area contributed by atoms with Gasteiger partial charge in [-0.2, -0.15) is 0 Å². The Kier molecular flexibility index (Phi) is 6.29. The zero-order valence-corrected chi connectivity index (χ0v) is 16.8. The minimum atomic E-state index is -0.240. The third-order valence-electron chi connectivity index (χ3n) is 4.76. The van der Waals surface area contributed by atoms with E-state index >= 15 is 0 Å². The molecule has 0 radical (unpaired) electrons. The lowest BCUT2D eigenvalue weighted by Gasteiger charge is -2.11. The van der Waals surface area contributed by atoms with Crippen molar-refractivity contribution in [1.29, 1.82) is 0 Å². The molecule has 3 aromatic carbocycles. The average molecular weight is 388 g/mol. The molecule has 0 bridgehead atoms. The molecule has 5 heteroatoms. The van der Waals surface area contributed by atoms with E-state index in [1.54, 1.807) is 24.3 Å². The number of hydrogen-bond donors (Lipinski definition) is 2. The number of benzene rings is 3. The molecule has 29 heavy (non-hydrogen) atoms. The van der Waals surface area contributed by atoms with Crippen molar-refractivity contribution >= 4 is 23.2 Å². The number of amides is 2. The highest BCUT2D eigenvalue weighted by Crippen LogP contribution is 2.20. The van der Waals surface area contributed by atoms with E-state index in [2.05, 4.69) is 10.6 Å². The summed E-state index contributed by atoms with van der Waals surface area (Å²) < 4.78 is 5.52. The van der Waals surface area contributed by atoms with Crippen LogP contribution in [-0.4, -0.2) is 18.4 Å². The van der Waals surface area contributed by atoms with E-state index in [1.807, 2.05) is 63.2 Å². The summed E-state index contributed by atoms with van der Waals surface area (Å²) >= 11 is 0. The Hall–Kier alpha value is -3.60. The molecule has 2 amide bonds. The predicted molar refractivity (Wildman–Crippen MR) is 116 cm³/mol. The Morgan fingerprint density at radius 1 is 0.759 bits per heavy atom. The molecule has 3 rings (SSSR count). The molecule has 0 aliphatic carbocycles. The van der Waals surface area contributed by atoms with Crippen molar-refractivity contribution in [2.75, 3.05) is 17.2 Å². The lowest BCUT2D eigenvalue weighted by Crippen LogP contribution is -2.20. The number of carbonyl (C=O) groups is 2. The molecule has 5 nitrogen and oxygen atoms in total. The quantitative estimate of drug-likeness (QED) is 0.632. The summed E-state index contributed by atoms with van der Waals surface area (Å²) in [4.78, 5) is 24.5. The van der Waals surface area contributed by atoms with Gasteiger partial charge < -0.3 is 15.4 Å². The highest BCUT2D eigenvalue weighted by molar-refractivity contribution is 6.04. The molecular weight excluding hydrogens is 364 g/mol. The molecule has 148 valence electrons. The van der Waals surface area contributed by atoms with E-state index in [-0.39, 0.29) is 18.4 Å². The van der Waals surface area contributed by atoms with Crippen molar-refractivity contribution in [3.63, 3.8) is 0 Å². The monoisotopic (exact) mass is 388 g/mol. The minimum absolute atomic E-state index is 0.109. The van der Waals surface area contributed by atoms with Crippen LogP contribution in [0.3, 0.4) is 0 Å². The largest absolute Gasteiger partial charge is 0.484 e. The van der Waals surface area contributed by atoms with Gasteiger partial charge in [-0.05, 0) is 73.9 Å². The fourth-order valence-electron chi connectivity index (χ4n) is 2.83. The number of ether oxygens (including phenoxy) is 1. The molecule has 0 aromatic heterocycles. The van der Waals surface area contributed by atoms with E-state index in [0.717, 1.165) is 28.1 Å². The van der Waals surface area contributed by atoms with Gasteiger partial charge in [-0.1, -0.05) is 30.3 Å². The van der Waals surface area contributed by atoms with Crippen LogP contribution in [0.2, 0.25) is 0 Å². The Morgan fingerprint density at radius 2 is 1.41 bits per heavy atom. The summed E-state index contributed by atoms with van der Waals surface area (Å²) in [5.41, 5.74) is 5.22. The first-order valence-electron chi connectivity index (χ1n) is 9.40. The van der Waals surface area contributed by atoms with Crippen molar-refractivity contribution in [2.45, 2.75) is 20.8 Å². The summed E-state index contributed by atoms with van der Waals surface area (Å²) in [5, 5.41) is 5.74. The van der Waals surface area contributed by atoms with Gasteiger partial charge in [0, 0.05) is 16.9 Å². The van der Waals surface area contributed by atoms with Crippen LogP contribution in [0.4, 0.5) is 11.4 Å². The summed E-state index contributed by atoms with van der Waals surface area (Å²) in [5.74, 6) is 0.0896. The molecule has 0 unspecified atom stereocenters. The molecular formula is C24H24N2O3. The lowest BCUT2D eigenvalue weighted by molar-refractivity contribution is -0.118. The van der Waals surface area contributed by atoms with Gasteiger partial charge in [0.05, 0.1) is 0 Å². The number of hydrogen-bond acceptors (Lipinski definition) is 3. The van der Waals surface area contributed by atoms with Crippen LogP contribution in [-0.2, 0) is 4.79 Å². The summed E-state index contributed by atoms with van der Waals surface area (Å²) in [6, 6.07) is 20.1. The molecule has 3 aromatic rings. The third kappa shape index (κ3) is 5.23. The summed E-state index contributed by atoms with van der Waals surface area (Å²) in [7, 11) is 0. The number of aryl methyl sites for hydroxylation is 2. The third-order valence-corrected chi connectivity index (χ3v) is 4.76. The molecule has 0 saturated carbocycles. The number of anilines is 2. The summed E-state index contributed by atoms with van der Waals surface area (Å²) in [6.45, 7) is 5.80. The highest BCUT2D eigenvalue weighted by atomic mass is 16.5. The SMILES string of the molecule is Cc1ccccc1NC(=O)COc1ccc(C(=O)Nc2cccc(C)c2C)cc1. The van der Waals surface area contributed by atoms with Crippen molar-refractivity contribution in [2.24, 2.45) is 0 Å². The molecule has 2 N–H and O–H groups in total. The van der Waals surface area contributed by atoms with E-state index in [4.69, 9.17) is 4.74 Å². The first kappa shape index (κ1) is 20.1.